The van der Waals surface area contributed by atoms with E-state index in [-0.39, 0.29) is 17.9 Å². The number of carbonyl (C=O) groups is 1. The Hall–Kier alpha value is -1.36. The molecule has 2 aliphatic rings. The molecule has 2 fully saturated rings. The summed E-state index contributed by atoms with van der Waals surface area (Å²) in [7, 11) is 0. The molecule has 1 amide bonds. The molecule has 21 heavy (non-hydrogen) atoms. The van der Waals surface area contributed by atoms with Gasteiger partial charge in [0.2, 0.25) is 5.91 Å². The summed E-state index contributed by atoms with van der Waals surface area (Å²) in [5.74, 6) is 0.896. The zero-order chi connectivity index (χ0) is 14.9. The number of aliphatic hydroxyl groups excluding tert-OH is 1. The highest BCUT2D eigenvalue weighted by atomic mass is 16.3. The molecule has 0 spiro atoms. The lowest BCUT2D eigenvalue weighted by Crippen LogP contribution is -2.49. The molecule has 0 bridgehead atoms. The van der Waals surface area contributed by atoms with Crippen molar-refractivity contribution in [2.75, 3.05) is 19.7 Å². The van der Waals surface area contributed by atoms with Crippen LogP contribution in [0.1, 0.15) is 37.8 Å². The summed E-state index contributed by atoms with van der Waals surface area (Å²) in [4.78, 5) is 14.4. The van der Waals surface area contributed by atoms with Gasteiger partial charge >= 0.3 is 0 Å². The van der Waals surface area contributed by atoms with Crippen molar-refractivity contribution in [2.24, 2.45) is 11.3 Å². The van der Waals surface area contributed by atoms with Crippen LogP contribution in [0.15, 0.2) is 12.3 Å². The van der Waals surface area contributed by atoms with Crippen LogP contribution in [0.5, 0.6) is 0 Å². The molecule has 116 valence electrons. The van der Waals surface area contributed by atoms with Gasteiger partial charge in [0.15, 0.2) is 0 Å². The SMILES string of the molecule is Cc1ccn(CC(=O)N2CCC[C@](CO)(CC3CC3)C2)n1. The first-order chi connectivity index (χ1) is 10.1. The number of likely N-dealkylation sites (tertiary alicyclic amines) is 1. The molecule has 1 aromatic heterocycles. The van der Waals surface area contributed by atoms with Gasteiger partial charge in [-0.15, -0.1) is 0 Å². The Balaban J connectivity index is 1.62. The van der Waals surface area contributed by atoms with Gasteiger partial charge in [-0.3, -0.25) is 9.48 Å². The number of hydrogen-bond acceptors (Lipinski definition) is 3. The third-order valence-corrected chi connectivity index (χ3v) is 4.84. The molecule has 2 heterocycles. The zero-order valence-electron chi connectivity index (χ0n) is 12.8. The number of rotatable bonds is 5. The van der Waals surface area contributed by atoms with Crippen molar-refractivity contribution in [1.82, 2.24) is 14.7 Å². The van der Waals surface area contributed by atoms with Crippen LogP contribution < -0.4 is 0 Å². The molecule has 1 aliphatic heterocycles. The number of hydrogen-bond donors (Lipinski definition) is 1. The van der Waals surface area contributed by atoms with Crippen molar-refractivity contribution in [1.29, 1.82) is 0 Å². The van der Waals surface area contributed by atoms with Crippen molar-refractivity contribution in [3.63, 3.8) is 0 Å². The maximum atomic E-state index is 12.5. The van der Waals surface area contributed by atoms with Crippen LogP contribution in [-0.2, 0) is 11.3 Å². The number of nitrogens with zero attached hydrogens (tertiary/aromatic N) is 3. The first kappa shape index (κ1) is 14.6. The molecule has 5 heteroatoms. The second-order valence-electron chi connectivity index (χ2n) is 6.88. The van der Waals surface area contributed by atoms with E-state index < -0.39 is 0 Å². The summed E-state index contributed by atoms with van der Waals surface area (Å²) in [5.41, 5.74) is 0.870. The van der Waals surface area contributed by atoms with Crippen LogP contribution >= 0.6 is 0 Å². The highest BCUT2D eigenvalue weighted by Crippen LogP contribution is 2.44. The number of aromatic nitrogens is 2. The average Bonchev–Trinajstić information content (AvgIpc) is 3.19. The first-order valence-corrected chi connectivity index (χ1v) is 7.99. The molecule has 1 atom stereocenters. The van der Waals surface area contributed by atoms with Gasteiger partial charge < -0.3 is 10.0 Å². The van der Waals surface area contributed by atoms with Crippen molar-refractivity contribution in [3.8, 4) is 0 Å². The standard InChI is InChI=1S/C16H25N3O2/c1-13-5-8-19(17-13)10-15(21)18-7-2-6-16(11-18,12-20)9-14-3-4-14/h5,8,14,20H,2-4,6-7,9-12H2,1H3/t16-/m0/s1. The number of aryl methyl sites for hydroxylation is 1. The van der Waals surface area contributed by atoms with Crippen LogP contribution in [0.25, 0.3) is 0 Å². The summed E-state index contributed by atoms with van der Waals surface area (Å²) in [6, 6.07) is 1.91. The van der Waals surface area contributed by atoms with Gasteiger partial charge in [-0.1, -0.05) is 12.8 Å². The van der Waals surface area contributed by atoms with Crippen molar-refractivity contribution in [3.05, 3.63) is 18.0 Å². The van der Waals surface area contributed by atoms with Crippen LogP contribution in [0.2, 0.25) is 0 Å². The molecule has 3 rings (SSSR count). The van der Waals surface area contributed by atoms with E-state index in [4.69, 9.17) is 0 Å². The number of carbonyl (C=O) groups excluding carboxylic acids is 1. The topological polar surface area (TPSA) is 58.4 Å². The largest absolute Gasteiger partial charge is 0.396 e. The minimum absolute atomic E-state index is 0.0604. The molecule has 1 saturated carbocycles. The van der Waals surface area contributed by atoms with E-state index in [0.717, 1.165) is 37.4 Å². The molecule has 0 radical (unpaired) electrons. The van der Waals surface area contributed by atoms with Gasteiger partial charge in [-0.25, -0.2) is 0 Å². The number of aliphatic hydroxyl groups is 1. The molecule has 0 aromatic carbocycles. The minimum Gasteiger partial charge on any atom is -0.396 e. The van der Waals surface area contributed by atoms with Gasteiger partial charge in [-0.05, 0) is 38.2 Å². The molecule has 1 N–H and O–H groups in total. The second kappa shape index (κ2) is 5.79. The molecule has 1 aliphatic carbocycles. The van der Waals surface area contributed by atoms with E-state index in [9.17, 15) is 9.90 Å². The lowest BCUT2D eigenvalue weighted by molar-refractivity contribution is -0.136. The van der Waals surface area contributed by atoms with Crippen LogP contribution in [0.3, 0.4) is 0 Å². The van der Waals surface area contributed by atoms with Crippen LogP contribution in [-0.4, -0.2) is 45.4 Å². The molecule has 1 aromatic rings. The Kier molecular flexibility index (Phi) is 4.02. The van der Waals surface area contributed by atoms with Gasteiger partial charge in [0.25, 0.3) is 0 Å². The molecular formula is C16H25N3O2. The Morgan fingerprint density at radius 3 is 2.95 bits per heavy atom. The highest BCUT2D eigenvalue weighted by Gasteiger charge is 2.40. The zero-order valence-corrected chi connectivity index (χ0v) is 12.8. The van der Waals surface area contributed by atoms with E-state index in [1.807, 2.05) is 24.1 Å². The fourth-order valence-corrected chi connectivity index (χ4v) is 3.51. The summed E-state index contributed by atoms with van der Waals surface area (Å²) in [6.45, 7) is 3.95. The van der Waals surface area contributed by atoms with Crippen molar-refractivity contribution in [2.45, 2.75) is 45.6 Å². The second-order valence-corrected chi connectivity index (χ2v) is 6.88. The summed E-state index contributed by atoms with van der Waals surface area (Å²) in [6.07, 6.45) is 7.56. The summed E-state index contributed by atoms with van der Waals surface area (Å²) >= 11 is 0. The van der Waals surface area contributed by atoms with Gasteiger partial charge in [0.1, 0.15) is 6.54 Å². The maximum absolute atomic E-state index is 12.5. The number of piperidine rings is 1. The fraction of sp³-hybridized carbons (Fsp3) is 0.750. The fourth-order valence-electron chi connectivity index (χ4n) is 3.51. The molecular weight excluding hydrogens is 266 g/mol. The maximum Gasteiger partial charge on any atom is 0.244 e. The quantitative estimate of drug-likeness (QED) is 0.896. The van der Waals surface area contributed by atoms with E-state index in [2.05, 4.69) is 5.10 Å². The van der Waals surface area contributed by atoms with Crippen molar-refractivity contribution >= 4 is 5.91 Å². The van der Waals surface area contributed by atoms with Gasteiger partial charge in [0.05, 0.1) is 12.3 Å². The predicted octanol–water partition coefficient (Wildman–Crippen LogP) is 1.59. The lowest BCUT2D eigenvalue weighted by atomic mass is 9.76. The monoisotopic (exact) mass is 291 g/mol. The van der Waals surface area contributed by atoms with Gasteiger partial charge in [-0.2, -0.15) is 5.10 Å². The summed E-state index contributed by atoms with van der Waals surface area (Å²) in [5, 5.41) is 14.1. The Morgan fingerprint density at radius 2 is 2.33 bits per heavy atom. The third-order valence-electron chi connectivity index (χ3n) is 4.84. The van der Waals surface area contributed by atoms with Crippen LogP contribution in [0, 0.1) is 18.3 Å². The Labute approximate surface area is 125 Å². The minimum atomic E-state index is -0.0604. The highest BCUT2D eigenvalue weighted by molar-refractivity contribution is 5.76. The Morgan fingerprint density at radius 1 is 1.52 bits per heavy atom. The normalized spacial score (nSPS) is 26.1. The smallest absolute Gasteiger partial charge is 0.244 e. The first-order valence-electron chi connectivity index (χ1n) is 7.99. The summed E-state index contributed by atoms with van der Waals surface area (Å²) < 4.78 is 1.70. The van der Waals surface area contributed by atoms with E-state index in [1.165, 1.54) is 12.8 Å². The lowest BCUT2D eigenvalue weighted by Gasteiger charge is -2.42. The van der Waals surface area contributed by atoms with E-state index in [0.29, 0.717) is 13.1 Å². The number of amides is 1. The molecule has 1 saturated heterocycles. The van der Waals surface area contributed by atoms with Gasteiger partial charge in [0, 0.05) is 24.7 Å². The predicted molar refractivity (Wildman–Crippen MR) is 79.6 cm³/mol. The third kappa shape index (κ3) is 3.46. The molecule has 5 nitrogen and oxygen atoms in total. The average molecular weight is 291 g/mol. The molecule has 0 unspecified atom stereocenters. The Bertz CT molecular complexity index is 509. The van der Waals surface area contributed by atoms with E-state index >= 15 is 0 Å². The van der Waals surface area contributed by atoms with Crippen LogP contribution in [0.4, 0.5) is 0 Å². The van der Waals surface area contributed by atoms with Crippen molar-refractivity contribution < 1.29 is 9.90 Å². The van der Waals surface area contributed by atoms with E-state index in [1.54, 1.807) is 4.68 Å².